The molecular weight excluding hydrogens is 318 g/mol. The second kappa shape index (κ2) is 5.12. The van der Waals surface area contributed by atoms with E-state index in [4.69, 9.17) is 4.55 Å². The predicted octanol–water partition coefficient (Wildman–Crippen LogP) is 2.62. The lowest BCUT2D eigenvalue weighted by Crippen LogP contribution is -2.42. The van der Waals surface area contributed by atoms with Crippen molar-refractivity contribution in [3.63, 3.8) is 0 Å². The van der Waals surface area contributed by atoms with Gasteiger partial charge in [0.15, 0.2) is 0 Å². The molecule has 3 rings (SSSR count). The molecule has 126 valence electrons. The van der Waals surface area contributed by atoms with Crippen LogP contribution in [0.3, 0.4) is 0 Å². The Labute approximate surface area is 128 Å². The van der Waals surface area contributed by atoms with Crippen LogP contribution in [0, 0.1) is 23.2 Å². The highest BCUT2D eigenvalue weighted by atomic mass is 32.2. The van der Waals surface area contributed by atoms with Crippen LogP contribution >= 0.6 is 0 Å². The first-order valence-electron chi connectivity index (χ1n) is 7.65. The van der Waals surface area contributed by atoms with E-state index in [1.54, 1.807) is 0 Å². The zero-order valence-electron chi connectivity index (χ0n) is 12.1. The molecule has 0 aliphatic heterocycles. The molecular formula is C14H20F2O5S. The number of esters is 1. The lowest BCUT2D eigenvalue weighted by Gasteiger charge is -2.39. The summed E-state index contributed by atoms with van der Waals surface area (Å²) < 4.78 is 60.7. The molecule has 8 heteroatoms. The fourth-order valence-corrected chi connectivity index (χ4v) is 5.17. The Morgan fingerprint density at radius 1 is 1.27 bits per heavy atom. The molecule has 0 heterocycles. The highest BCUT2D eigenvalue weighted by molar-refractivity contribution is 7.87. The summed E-state index contributed by atoms with van der Waals surface area (Å²) in [6.07, 6.45) is 6.99. The third-order valence-corrected chi connectivity index (χ3v) is 6.52. The minimum atomic E-state index is -5.80. The summed E-state index contributed by atoms with van der Waals surface area (Å²) in [6, 6.07) is 0. The van der Waals surface area contributed by atoms with E-state index in [-0.39, 0.29) is 12.0 Å². The number of ether oxygens (including phenoxy) is 1. The van der Waals surface area contributed by atoms with E-state index in [1.165, 1.54) is 12.8 Å². The van der Waals surface area contributed by atoms with Crippen LogP contribution in [0.25, 0.3) is 0 Å². The van der Waals surface area contributed by atoms with Gasteiger partial charge < -0.3 is 4.74 Å². The number of hydrogen-bond donors (Lipinski definition) is 1. The van der Waals surface area contributed by atoms with Crippen LogP contribution in [0.1, 0.15) is 44.9 Å². The molecule has 3 saturated carbocycles. The first-order valence-corrected chi connectivity index (χ1v) is 9.09. The largest absolute Gasteiger partial charge is 0.465 e. The highest BCUT2D eigenvalue weighted by Crippen LogP contribution is 2.58. The molecule has 0 radical (unpaired) electrons. The topological polar surface area (TPSA) is 80.7 Å². The summed E-state index contributed by atoms with van der Waals surface area (Å²) in [5.41, 5.74) is -0.302. The minimum absolute atomic E-state index is 0.184. The zero-order valence-corrected chi connectivity index (χ0v) is 12.9. The van der Waals surface area contributed by atoms with Crippen LogP contribution in [-0.4, -0.2) is 30.8 Å². The fourth-order valence-electron chi connectivity index (χ4n) is 4.90. The number of carbonyl (C=O) groups excluding carboxylic acids is 1. The zero-order chi connectivity index (χ0) is 16.2. The van der Waals surface area contributed by atoms with Crippen molar-refractivity contribution in [1.82, 2.24) is 0 Å². The SMILES string of the molecule is O=C(OCC12CCCC3CC(CC3C1)C2)C(F)(F)S(=O)(=O)O. The lowest BCUT2D eigenvalue weighted by molar-refractivity contribution is -0.166. The van der Waals surface area contributed by atoms with Crippen molar-refractivity contribution in [3.8, 4) is 0 Å². The number of fused-ring (bicyclic) bond motifs is 2. The van der Waals surface area contributed by atoms with Gasteiger partial charge in [0, 0.05) is 5.41 Å². The van der Waals surface area contributed by atoms with Crippen molar-refractivity contribution in [2.45, 2.75) is 50.2 Å². The molecule has 5 nitrogen and oxygen atoms in total. The minimum Gasteiger partial charge on any atom is -0.460 e. The Kier molecular flexibility index (Phi) is 3.75. The van der Waals surface area contributed by atoms with Gasteiger partial charge in [0.2, 0.25) is 0 Å². The Morgan fingerprint density at radius 3 is 2.64 bits per heavy atom. The van der Waals surface area contributed by atoms with Crippen molar-refractivity contribution >= 4 is 16.1 Å². The monoisotopic (exact) mass is 338 g/mol. The lowest BCUT2D eigenvalue weighted by atomic mass is 9.68. The van der Waals surface area contributed by atoms with E-state index in [1.807, 2.05) is 0 Å². The van der Waals surface area contributed by atoms with Crippen LogP contribution in [-0.2, 0) is 19.6 Å². The van der Waals surface area contributed by atoms with E-state index in [0.29, 0.717) is 17.8 Å². The van der Waals surface area contributed by atoms with Gasteiger partial charge in [-0.3, -0.25) is 4.55 Å². The highest BCUT2D eigenvalue weighted by Gasteiger charge is 2.56. The number of halogens is 2. The van der Waals surface area contributed by atoms with Gasteiger partial charge in [-0.05, 0) is 49.9 Å². The van der Waals surface area contributed by atoms with Gasteiger partial charge in [-0.2, -0.15) is 17.2 Å². The molecule has 3 bridgehead atoms. The molecule has 0 amide bonds. The Bertz CT molecular complexity index is 576. The molecule has 0 aromatic heterocycles. The molecule has 4 unspecified atom stereocenters. The van der Waals surface area contributed by atoms with Crippen LogP contribution < -0.4 is 0 Å². The average molecular weight is 338 g/mol. The van der Waals surface area contributed by atoms with Gasteiger partial charge >= 0.3 is 21.3 Å². The van der Waals surface area contributed by atoms with E-state index in [2.05, 4.69) is 4.74 Å². The third kappa shape index (κ3) is 2.64. The van der Waals surface area contributed by atoms with Crippen LogP contribution in [0.4, 0.5) is 8.78 Å². The standard InChI is InChI=1S/C14H20F2O5S/c15-14(16,22(18,19)20)12(17)21-8-13-3-1-2-10-4-9(6-13)5-11(10)7-13/h9-11H,1-8H2,(H,18,19,20). The first-order chi connectivity index (χ1) is 10.1. The Hall–Kier alpha value is -0.760. The molecule has 22 heavy (non-hydrogen) atoms. The summed E-state index contributed by atoms with van der Waals surface area (Å²) in [5.74, 6) is -0.348. The average Bonchev–Trinajstić information content (AvgIpc) is 2.62. The van der Waals surface area contributed by atoms with E-state index >= 15 is 0 Å². The third-order valence-electron chi connectivity index (χ3n) is 5.71. The molecule has 3 fully saturated rings. The maximum absolute atomic E-state index is 13.3. The summed E-state index contributed by atoms with van der Waals surface area (Å²) in [6.45, 7) is -0.184. The number of carbonyl (C=O) groups is 1. The molecule has 0 spiro atoms. The fraction of sp³-hybridized carbons (Fsp3) is 0.929. The van der Waals surface area contributed by atoms with Crippen LogP contribution in [0.2, 0.25) is 0 Å². The van der Waals surface area contributed by atoms with E-state index < -0.39 is 21.3 Å². The molecule has 0 aromatic rings. The van der Waals surface area contributed by atoms with Crippen LogP contribution in [0.5, 0.6) is 0 Å². The van der Waals surface area contributed by atoms with Gasteiger partial charge in [-0.25, -0.2) is 4.79 Å². The second-order valence-corrected chi connectivity index (χ2v) is 8.69. The smallest absolute Gasteiger partial charge is 0.460 e. The Morgan fingerprint density at radius 2 is 1.95 bits per heavy atom. The molecule has 0 saturated heterocycles. The Balaban J connectivity index is 1.69. The van der Waals surface area contributed by atoms with Crippen molar-refractivity contribution < 1.29 is 31.3 Å². The normalized spacial score (nSPS) is 37.9. The maximum atomic E-state index is 13.3. The molecule has 3 aliphatic carbocycles. The van der Waals surface area contributed by atoms with E-state index in [0.717, 1.165) is 32.1 Å². The van der Waals surface area contributed by atoms with Crippen molar-refractivity contribution in [1.29, 1.82) is 0 Å². The number of rotatable bonds is 4. The second-order valence-electron chi connectivity index (χ2n) is 7.23. The van der Waals surface area contributed by atoms with Crippen LogP contribution in [0.15, 0.2) is 0 Å². The number of alkyl halides is 2. The van der Waals surface area contributed by atoms with Gasteiger partial charge in [0.05, 0.1) is 6.61 Å². The predicted molar refractivity (Wildman–Crippen MR) is 72.7 cm³/mol. The molecule has 1 N–H and O–H groups in total. The van der Waals surface area contributed by atoms with Gasteiger partial charge in [0.1, 0.15) is 0 Å². The van der Waals surface area contributed by atoms with E-state index in [9.17, 15) is 22.0 Å². The van der Waals surface area contributed by atoms with Crippen molar-refractivity contribution in [2.24, 2.45) is 23.2 Å². The summed E-state index contributed by atoms with van der Waals surface area (Å²) in [4.78, 5) is 11.4. The summed E-state index contributed by atoms with van der Waals surface area (Å²) in [5, 5.41) is -4.90. The summed E-state index contributed by atoms with van der Waals surface area (Å²) >= 11 is 0. The maximum Gasteiger partial charge on any atom is 0.465 e. The molecule has 4 atom stereocenters. The van der Waals surface area contributed by atoms with Crippen molar-refractivity contribution in [3.05, 3.63) is 0 Å². The first kappa shape index (κ1) is 16.1. The van der Waals surface area contributed by atoms with Gasteiger partial charge in [-0.15, -0.1) is 0 Å². The molecule has 0 aromatic carbocycles. The molecule has 3 aliphatic rings. The van der Waals surface area contributed by atoms with Crippen molar-refractivity contribution in [2.75, 3.05) is 6.61 Å². The quantitative estimate of drug-likeness (QED) is 0.629. The summed E-state index contributed by atoms with van der Waals surface area (Å²) in [7, 11) is -5.80. The van der Waals surface area contributed by atoms with Gasteiger partial charge in [0.25, 0.3) is 0 Å². The van der Waals surface area contributed by atoms with Gasteiger partial charge in [-0.1, -0.05) is 12.8 Å². The number of hydrogen-bond acceptors (Lipinski definition) is 4.